The van der Waals surface area contributed by atoms with Crippen LogP contribution < -0.4 is 14.5 Å². The monoisotopic (exact) mass is 376 g/mol. The number of piperazine rings is 1. The quantitative estimate of drug-likeness (QED) is 0.738. The second-order valence-corrected chi connectivity index (χ2v) is 8.98. The summed E-state index contributed by atoms with van der Waals surface area (Å²) in [7, 11) is 0. The maximum atomic E-state index is 6.00. The lowest BCUT2D eigenvalue weighted by Crippen LogP contribution is -3.27. The summed E-state index contributed by atoms with van der Waals surface area (Å²) in [6.07, 6.45) is 7.87. The predicted octanol–water partition coefficient (Wildman–Crippen LogP) is 1.97. The molecule has 0 aromatic heterocycles. The standard InChI is InChI=1S/C25H30N2O/c1-2-6-24(7-3-1)28-25-8-4-5-21(17-25)18-26-11-13-27(14-12-26)19-23-16-20-9-10-22(23)15-20/h1-10,17,20,22-23H,11-16,18-19H2/p+2/t20-,22+,23+/m1/s1. The third-order valence-electron chi connectivity index (χ3n) is 6.96. The molecule has 146 valence electrons. The summed E-state index contributed by atoms with van der Waals surface area (Å²) in [6.45, 7) is 7.74. The van der Waals surface area contributed by atoms with E-state index in [1.54, 1.807) is 4.90 Å². The normalized spacial score (nSPS) is 31.2. The van der Waals surface area contributed by atoms with Crippen molar-refractivity contribution in [2.75, 3.05) is 32.7 Å². The van der Waals surface area contributed by atoms with Crippen LogP contribution in [0.1, 0.15) is 18.4 Å². The lowest BCUT2D eigenvalue weighted by atomic mass is 9.93. The van der Waals surface area contributed by atoms with Gasteiger partial charge in [-0.15, -0.1) is 0 Å². The molecule has 1 aliphatic heterocycles. The lowest BCUT2D eigenvalue weighted by molar-refractivity contribution is -1.02. The number of fused-ring (bicyclic) bond motifs is 2. The largest absolute Gasteiger partial charge is 0.457 e. The second kappa shape index (κ2) is 8.10. The van der Waals surface area contributed by atoms with Crippen LogP contribution in [-0.4, -0.2) is 32.7 Å². The minimum atomic E-state index is 0.898. The first-order valence-corrected chi connectivity index (χ1v) is 11.0. The zero-order valence-electron chi connectivity index (χ0n) is 16.6. The number of quaternary nitrogens is 2. The molecule has 1 saturated carbocycles. The fourth-order valence-corrected chi connectivity index (χ4v) is 5.47. The van der Waals surface area contributed by atoms with E-state index in [1.165, 1.54) is 51.1 Å². The molecular weight excluding hydrogens is 344 g/mol. The van der Waals surface area contributed by atoms with Crippen LogP contribution in [-0.2, 0) is 6.54 Å². The van der Waals surface area contributed by atoms with Crippen molar-refractivity contribution in [3.63, 3.8) is 0 Å². The van der Waals surface area contributed by atoms with Gasteiger partial charge in [-0.2, -0.15) is 0 Å². The highest BCUT2D eigenvalue weighted by molar-refractivity contribution is 5.33. The minimum absolute atomic E-state index is 0.898. The first-order chi connectivity index (χ1) is 13.8. The molecule has 0 unspecified atom stereocenters. The van der Waals surface area contributed by atoms with Crippen molar-refractivity contribution in [3.05, 3.63) is 72.3 Å². The van der Waals surface area contributed by atoms with Crippen LogP contribution in [0.2, 0.25) is 0 Å². The minimum Gasteiger partial charge on any atom is -0.457 e. The molecule has 0 radical (unpaired) electrons. The molecule has 0 spiro atoms. The van der Waals surface area contributed by atoms with Gasteiger partial charge in [0, 0.05) is 11.5 Å². The summed E-state index contributed by atoms with van der Waals surface area (Å²) < 4.78 is 6.00. The van der Waals surface area contributed by atoms with Crippen LogP contribution in [0.5, 0.6) is 11.5 Å². The molecule has 2 bridgehead atoms. The summed E-state index contributed by atoms with van der Waals surface area (Å²) in [4.78, 5) is 3.56. The number of allylic oxidation sites excluding steroid dienone is 2. The first kappa shape index (κ1) is 18.0. The Kier molecular flexibility index (Phi) is 5.20. The van der Waals surface area contributed by atoms with E-state index in [4.69, 9.17) is 4.74 Å². The van der Waals surface area contributed by atoms with E-state index >= 15 is 0 Å². The molecule has 2 aromatic carbocycles. The third-order valence-corrected chi connectivity index (χ3v) is 6.96. The molecule has 1 saturated heterocycles. The van der Waals surface area contributed by atoms with Crippen molar-refractivity contribution in [1.29, 1.82) is 0 Å². The summed E-state index contributed by atoms with van der Waals surface area (Å²) in [6, 6.07) is 18.7. The van der Waals surface area contributed by atoms with Gasteiger partial charge >= 0.3 is 0 Å². The molecule has 1 heterocycles. The maximum Gasteiger partial charge on any atom is 0.127 e. The number of ether oxygens (including phenoxy) is 1. The highest BCUT2D eigenvalue weighted by Gasteiger charge is 2.38. The number of hydrogen-bond donors (Lipinski definition) is 2. The number of rotatable bonds is 6. The van der Waals surface area contributed by atoms with Crippen molar-refractivity contribution in [2.24, 2.45) is 17.8 Å². The van der Waals surface area contributed by atoms with Gasteiger partial charge in [0.1, 0.15) is 44.2 Å². The molecule has 2 aromatic rings. The molecule has 0 amide bonds. The van der Waals surface area contributed by atoms with E-state index < -0.39 is 0 Å². The highest BCUT2D eigenvalue weighted by atomic mass is 16.5. The second-order valence-electron chi connectivity index (χ2n) is 8.98. The molecular formula is C25H32N2O+2. The average molecular weight is 377 g/mol. The molecule has 3 heteroatoms. The molecule has 2 N–H and O–H groups in total. The van der Waals surface area contributed by atoms with Crippen molar-refractivity contribution >= 4 is 0 Å². The van der Waals surface area contributed by atoms with Gasteiger partial charge in [0.15, 0.2) is 0 Å². The Hall–Kier alpha value is -2.10. The van der Waals surface area contributed by atoms with E-state index in [-0.39, 0.29) is 0 Å². The molecule has 3 atom stereocenters. The van der Waals surface area contributed by atoms with Crippen LogP contribution in [0.15, 0.2) is 66.7 Å². The fraction of sp³-hybridized carbons (Fsp3) is 0.440. The van der Waals surface area contributed by atoms with Gasteiger partial charge < -0.3 is 14.5 Å². The number of benzene rings is 2. The number of hydrogen-bond acceptors (Lipinski definition) is 1. The Morgan fingerprint density at radius 3 is 2.32 bits per heavy atom. The summed E-state index contributed by atoms with van der Waals surface area (Å²) >= 11 is 0. The van der Waals surface area contributed by atoms with Crippen molar-refractivity contribution < 1.29 is 14.5 Å². The zero-order chi connectivity index (χ0) is 18.8. The van der Waals surface area contributed by atoms with E-state index in [9.17, 15) is 0 Å². The molecule has 3 nitrogen and oxygen atoms in total. The lowest BCUT2D eigenvalue weighted by Gasteiger charge is -2.32. The highest BCUT2D eigenvalue weighted by Crippen LogP contribution is 2.42. The SMILES string of the molecule is C1=C[C@H]2C[C@@H]1C[C@H]2C[NH+]1CC[NH+](Cc2cccc(Oc3ccccc3)c2)CC1. The maximum absolute atomic E-state index is 6.00. The molecule has 2 fully saturated rings. The smallest absolute Gasteiger partial charge is 0.127 e. The van der Waals surface area contributed by atoms with Crippen LogP contribution in [0, 0.1) is 17.8 Å². The Labute approximate surface area is 168 Å². The zero-order valence-corrected chi connectivity index (χ0v) is 16.6. The van der Waals surface area contributed by atoms with Gasteiger partial charge in [-0.3, -0.25) is 0 Å². The van der Waals surface area contributed by atoms with Gasteiger partial charge in [-0.25, -0.2) is 0 Å². The Balaban J connectivity index is 1.12. The molecule has 28 heavy (non-hydrogen) atoms. The van der Waals surface area contributed by atoms with Gasteiger partial charge in [0.05, 0.1) is 6.54 Å². The van der Waals surface area contributed by atoms with Crippen molar-refractivity contribution in [1.82, 2.24) is 0 Å². The van der Waals surface area contributed by atoms with Crippen LogP contribution in [0.25, 0.3) is 0 Å². The van der Waals surface area contributed by atoms with Crippen molar-refractivity contribution in [3.8, 4) is 11.5 Å². The Bertz CT molecular complexity index is 810. The van der Waals surface area contributed by atoms with E-state index in [1.807, 2.05) is 35.2 Å². The van der Waals surface area contributed by atoms with Crippen molar-refractivity contribution in [2.45, 2.75) is 19.4 Å². The third kappa shape index (κ3) is 4.16. The topological polar surface area (TPSA) is 18.1 Å². The van der Waals surface area contributed by atoms with E-state index in [2.05, 4.69) is 36.4 Å². The van der Waals surface area contributed by atoms with Gasteiger partial charge in [0.2, 0.25) is 0 Å². The Morgan fingerprint density at radius 1 is 0.786 bits per heavy atom. The van der Waals surface area contributed by atoms with E-state index in [0.29, 0.717) is 0 Å². The number of nitrogens with one attached hydrogen (secondary N) is 2. The molecule has 3 aliphatic rings. The molecule has 5 rings (SSSR count). The fourth-order valence-electron chi connectivity index (χ4n) is 5.47. The van der Waals surface area contributed by atoms with E-state index in [0.717, 1.165) is 35.8 Å². The van der Waals surface area contributed by atoms with Crippen LogP contribution >= 0.6 is 0 Å². The van der Waals surface area contributed by atoms with Crippen LogP contribution in [0.3, 0.4) is 0 Å². The van der Waals surface area contributed by atoms with Crippen LogP contribution in [0.4, 0.5) is 0 Å². The van der Waals surface area contributed by atoms with Gasteiger partial charge in [0.25, 0.3) is 0 Å². The number of para-hydroxylation sites is 1. The molecule has 2 aliphatic carbocycles. The average Bonchev–Trinajstić information content (AvgIpc) is 3.34. The summed E-state index contributed by atoms with van der Waals surface area (Å²) in [5.41, 5.74) is 1.38. The summed E-state index contributed by atoms with van der Waals surface area (Å²) in [5.74, 6) is 4.61. The first-order valence-electron chi connectivity index (χ1n) is 11.0. The van der Waals surface area contributed by atoms with Gasteiger partial charge in [-0.05, 0) is 48.9 Å². The Morgan fingerprint density at radius 2 is 1.57 bits per heavy atom. The predicted molar refractivity (Wildman–Crippen MR) is 112 cm³/mol. The van der Waals surface area contributed by atoms with Gasteiger partial charge in [-0.1, -0.05) is 42.5 Å². The summed E-state index contributed by atoms with van der Waals surface area (Å²) in [5, 5.41) is 0.